The summed E-state index contributed by atoms with van der Waals surface area (Å²) >= 11 is 0. The fraction of sp³-hybridized carbons (Fsp3) is 0.148. The maximum Gasteiger partial charge on any atom is 0.247 e. The molecule has 0 unspecified atom stereocenters. The lowest BCUT2D eigenvalue weighted by molar-refractivity contribution is 0.345. The first-order chi connectivity index (χ1) is 16.7. The summed E-state index contributed by atoms with van der Waals surface area (Å²) in [7, 11) is 1.63. The van der Waals surface area contributed by atoms with Gasteiger partial charge in [-0.1, -0.05) is 35.5 Å². The lowest BCUT2D eigenvalue weighted by atomic mass is 9.92. The van der Waals surface area contributed by atoms with Crippen LogP contribution in [-0.2, 0) is 5.41 Å². The molecule has 0 radical (unpaired) electrons. The van der Waals surface area contributed by atoms with E-state index in [1.54, 1.807) is 19.2 Å². The molecule has 1 N–H and O–H groups in total. The van der Waals surface area contributed by atoms with Crippen LogP contribution in [0.4, 0.5) is 0 Å². The molecule has 1 fully saturated rings. The van der Waals surface area contributed by atoms with Crippen molar-refractivity contribution in [1.82, 2.24) is 15.4 Å². The monoisotopic (exact) mass is 451 g/mol. The van der Waals surface area contributed by atoms with Crippen LogP contribution in [0.2, 0.25) is 0 Å². The summed E-state index contributed by atoms with van der Waals surface area (Å²) in [4.78, 5) is 0. The molecule has 0 atom stereocenters. The third-order valence-corrected chi connectivity index (χ3v) is 6.25. The van der Waals surface area contributed by atoms with Gasteiger partial charge in [0, 0.05) is 11.1 Å². The second-order valence-corrected chi connectivity index (χ2v) is 8.37. The van der Waals surface area contributed by atoms with E-state index in [9.17, 15) is 5.11 Å². The van der Waals surface area contributed by atoms with Crippen molar-refractivity contribution in [2.24, 2.45) is 0 Å². The Hall–Kier alpha value is -4.39. The summed E-state index contributed by atoms with van der Waals surface area (Å²) in [5, 5.41) is 22.9. The molecule has 6 rings (SSSR count). The number of aromatic nitrogens is 3. The minimum atomic E-state index is -0.523. The Morgan fingerprint density at radius 3 is 2.21 bits per heavy atom. The van der Waals surface area contributed by atoms with Crippen molar-refractivity contribution in [3.63, 3.8) is 0 Å². The zero-order valence-corrected chi connectivity index (χ0v) is 18.4. The number of hydrogen-bond acceptors (Lipinski definition) is 7. The van der Waals surface area contributed by atoms with Crippen molar-refractivity contribution >= 4 is 0 Å². The van der Waals surface area contributed by atoms with Crippen molar-refractivity contribution in [2.75, 3.05) is 7.11 Å². The van der Waals surface area contributed by atoms with Gasteiger partial charge in [-0.3, -0.25) is 0 Å². The highest BCUT2D eigenvalue weighted by atomic mass is 16.5. The Balaban J connectivity index is 1.45. The lowest BCUT2D eigenvalue weighted by Crippen LogP contribution is -2.09. The molecule has 1 saturated carbocycles. The molecule has 168 valence electrons. The lowest BCUT2D eigenvalue weighted by Gasteiger charge is -2.10. The second-order valence-electron chi connectivity index (χ2n) is 8.37. The van der Waals surface area contributed by atoms with Crippen molar-refractivity contribution in [3.8, 4) is 45.3 Å². The van der Waals surface area contributed by atoms with Gasteiger partial charge in [0.2, 0.25) is 11.8 Å². The van der Waals surface area contributed by atoms with E-state index in [4.69, 9.17) is 13.7 Å². The number of rotatable bonds is 6. The SMILES string of the molecule is COc1ccc(-c2nnc(C3(c4onc(-c5ccc(O)cc5)c4-c4ccccc4)CC3)o2)cc1. The fourth-order valence-corrected chi connectivity index (χ4v) is 4.24. The predicted molar refractivity (Wildman–Crippen MR) is 125 cm³/mol. The van der Waals surface area contributed by atoms with E-state index in [1.807, 2.05) is 66.7 Å². The summed E-state index contributed by atoms with van der Waals surface area (Å²) in [6.07, 6.45) is 1.64. The number of phenolic OH excluding ortho intramolecular Hbond substituents is 1. The van der Waals surface area contributed by atoms with Gasteiger partial charge in [0.1, 0.15) is 22.6 Å². The minimum Gasteiger partial charge on any atom is -0.508 e. The van der Waals surface area contributed by atoms with Crippen molar-refractivity contribution in [2.45, 2.75) is 18.3 Å². The average Bonchev–Trinajstić information content (AvgIpc) is 3.32. The molecule has 1 aliphatic rings. The summed E-state index contributed by atoms with van der Waals surface area (Å²) in [5.74, 6) is 2.64. The molecule has 1 aliphatic carbocycles. The molecule has 0 saturated heterocycles. The van der Waals surface area contributed by atoms with Crippen molar-refractivity contribution in [3.05, 3.63) is 90.5 Å². The molecule has 7 nitrogen and oxygen atoms in total. The summed E-state index contributed by atoms with van der Waals surface area (Å²) in [6.45, 7) is 0. The van der Waals surface area contributed by atoms with Crippen LogP contribution in [0.3, 0.4) is 0 Å². The van der Waals surface area contributed by atoms with Crippen LogP contribution in [0.25, 0.3) is 33.8 Å². The topological polar surface area (TPSA) is 94.4 Å². The summed E-state index contributed by atoms with van der Waals surface area (Å²) < 4.78 is 17.4. The smallest absolute Gasteiger partial charge is 0.247 e. The molecule has 34 heavy (non-hydrogen) atoms. The van der Waals surface area contributed by atoms with Crippen LogP contribution in [0.5, 0.6) is 11.5 Å². The van der Waals surface area contributed by atoms with Crippen molar-refractivity contribution < 1.29 is 18.8 Å². The van der Waals surface area contributed by atoms with E-state index in [0.29, 0.717) is 23.2 Å². The third kappa shape index (κ3) is 3.33. The van der Waals surface area contributed by atoms with E-state index in [1.165, 1.54) is 0 Å². The number of phenols is 1. The number of aromatic hydroxyl groups is 1. The number of ether oxygens (including phenoxy) is 1. The fourth-order valence-electron chi connectivity index (χ4n) is 4.24. The highest BCUT2D eigenvalue weighted by molar-refractivity contribution is 5.83. The molecule has 2 aromatic heterocycles. The van der Waals surface area contributed by atoms with Crippen LogP contribution < -0.4 is 4.74 Å². The maximum atomic E-state index is 9.73. The van der Waals surface area contributed by atoms with Gasteiger partial charge in [-0.05, 0) is 66.9 Å². The number of methoxy groups -OCH3 is 1. The molecule has 0 amide bonds. The molecule has 0 aliphatic heterocycles. The van der Waals surface area contributed by atoms with E-state index in [0.717, 1.165) is 40.8 Å². The zero-order valence-electron chi connectivity index (χ0n) is 18.4. The highest BCUT2D eigenvalue weighted by Crippen LogP contribution is 2.57. The molecule has 3 aromatic carbocycles. The normalized spacial score (nSPS) is 14.1. The average molecular weight is 451 g/mol. The molecular weight excluding hydrogens is 430 g/mol. The molecule has 0 spiro atoms. The predicted octanol–water partition coefficient (Wildman–Crippen LogP) is 5.85. The molecule has 5 aromatic rings. The maximum absolute atomic E-state index is 9.73. The molecule has 7 heteroatoms. The first-order valence-corrected chi connectivity index (χ1v) is 11.0. The molecule has 2 heterocycles. The summed E-state index contributed by atoms with van der Waals surface area (Å²) in [6, 6.07) is 24.5. The van der Waals surface area contributed by atoms with Gasteiger partial charge in [0.05, 0.1) is 12.7 Å². The minimum absolute atomic E-state index is 0.198. The number of benzene rings is 3. The van der Waals surface area contributed by atoms with Gasteiger partial charge in [-0.25, -0.2) is 0 Å². The van der Waals surface area contributed by atoms with E-state index < -0.39 is 5.41 Å². The van der Waals surface area contributed by atoms with E-state index >= 15 is 0 Å². The molecule has 0 bridgehead atoms. The van der Waals surface area contributed by atoms with Gasteiger partial charge < -0.3 is 18.8 Å². The van der Waals surface area contributed by atoms with Gasteiger partial charge >= 0.3 is 0 Å². The Bertz CT molecular complexity index is 1430. The van der Waals surface area contributed by atoms with Crippen LogP contribution in [0.15, 0.2) is 87.8 Å². The highest BCUT2D eigenvalue weighted by Gasteiger charge is 2.56. The van der Waals surface area contributed by atoms with Gasteiger partial charge in [0.25, 0.3) is 0 Å². The molecular formula is C27H21N3O4. The quantitative estimate of drug-likeness (QED) is 0.346. The Morgan fingerprint density at radius 1 is 0.824 bits per heavy atom. The standard InChI is InChI=1S/C27H21N3O4/c1-32-21-13-9-19(10-14-21)25-28-29-26(33-25)27(15-16-27)24-22(17-5-3-2-4-6-17)23(30-34-24)18-7-11-20(31)12-8-18/h2-14,31H,15-16H2,1H3. The zero-order chi connectivity index (χ0) is 23.1. The number of hydrogen-bond donors (Lipinski definition) is 1. The van der Waals surface area contributed by atoms with Gasteiger partial charge in [0.15, 0.2) is 5.76 Å². The van der Waals surface area contributed by atoms with Crippen LogP contribution >= 0.6 is 0 Å². The first kappa shape index (κ1) is 20.2. The largest absolute Gasteiger partial charge is 0.508 e. The Labute approximate surface area is 195 Å². The van der Waals surface area contributed by atoms with Gasteiger partial charge in [-0.2, -0.15) is 0 Å². The van der Waals surface area contributed by atoms with Crippen LogP contribution in [0.1, 0.15) is 24.5 Å². The summed E-state index contributed by atoms with van der Waals surface area (Å²) in [5.41, 5.74) is 3.75. The Kier molecular flexibility index (Phi) is 4.69. The van der Waals surface area contributed by atoms with Crippen LogP contribution in [0, 0.1) is 0 Å². The number of nitrogens with zero attached hydrogens (tertiary/aromatic N) is 3. The van der Waals surface area contributed by atoms with Gasteiger partial charge in [-0.15, -0.1) is 10.2 Å². The first-order valence-electron chi connectivity index (χ1n) is 11.0. The van der Waals surface area contributed by atoms with E-state index in [2.05, 4.69) is 15.4 Å². The third-order valence-electron chi connectivity index (χ3n) is 6.25. The Morgan fingerprint density at radius 2 is 1.53 bits per heavy atom. The van der Waals surface area contributed by atoms with E-state index in [-0.39, 0.29) is 5.75 Å². The second kappa shape index (κ2) is 7.88. The van der Waals surface area contributed by atoms with Crippen LogP contribution in [-0.4, -0.2) is 27.6 Å². The van der Waals surface area contributed by atoms with Crippen molar-refractivity contribution in [1.29, 1.82) is 0 Å².